The van der Waals surface area contributed by atoms with Gasteiger partial charge >= 0.3 is 17.9 Å². The van der Waals surface area contributed by atoms with Gasteiger partial charge in [0, 0.05) is 3.57 Å². The van der Waals surface area contributed by atoms with Gasteiger partial charge in [0.2, 0.25) is 17.4 Å². The van der Waals surface area contributed by atoms with Crippen LogP contribution in [0.4, 0.5) is 17.6 Å². The molecule has 0 saturated carbocycles. The van der Waals surface area contributed by atoms with Crippen LogP contribution in [0.15, 0.2) is 12.1 Å². The van der Waals surface area contributed by atoms with E-state index in [1.165, 1.54) is 0 Å². The second kappa shape index (κ2) is 9.06. The molecule has 0 fully saturated rings. The number of hydrogen-bond donors (Lipinski definition) is 1. The number of hydrogen-bond acceptors (Lipinski definition) is 5. The highest BCUT2D eigenvalue weighted by Gasteiger charge is 2.33. The van der Waals surface area contributed by atoms with Crippen molar-refractivity contribution in [2.24, 2.45) is 0 Å². The van der Waals surface area contributed by atoms with Crippen LogP contribution in [-0.4, -0.2) is 23.0 Å². The second-order valence-corrected chi connectivity index (χ2v) is 8.31. The Morgan fingerprint density at radius 2 is 1.14 bits per heavy atom. The highest BCUT2D eigenvalue weighted by molar-refractivity contribution is 14.1. The lowest BCUT2D eigenvalue weighted by Gasteiger charge is -2.11. The number of esters is 2. The molecule has 0 aliphatic carbocycles. The van der Waals surface area contributed by atoms with E-state index < -0.39 is 52.5 Å². The zero-order valence-electron chi connectivity index (χ0n) is 12.8. The molecule has 6 nitrogen and oxygen atoms in total. The Hall–Kier alpha value is -1.24. The first kappa shape index (κ1) is 23.0. The van der Waals surface area contributed by atoms with Gasteiger partial charge in [-0.05, 0) is 79.9 Å². The molecule has 0 saturated heterocycles. The molecule has 0 aliphatic heterocycles. The largest absolute Gasteiger partial charge is 0.477 e. The Kier molecular flexibility index (Phi) is 7.45. The number of halogens is 7. The number of carbonyl (C=O) groups is 3. The van der Waals surface area contributed by atoms with Gasteiger partial charge in [0.1, 0.15) is 5.56 Å². The van der Waals surface area contributed by atoms with E-state index >= 15 is 0 Å². The minimum absolute atomic E-state index is 0.0388. The summed E-state index contributed by atoms with van der Waals surface area (Å²) in [6.07, 6.45) is 0. The molecular weight excluding hydrogens is 733 g/mol. The van der Waals surface area contributed by atoms with Crippen LogP contribution in [-0.2, 0) is 9.59 Å². The molecule has 2 rings (SSSR count). The maximum Gasteiger partial charge on any atom is 0.423 e. The van der Waals surface area contributed by atoms with Crippen molar-refractivity contribution in [1.29, 1.82) is 0 Å². The molecule has 0 radical (unpaired) electrons. The van der Waals surface area contributed by atoms with Crippen LogP contribution < -0.4 is 9.47 Å². The molecule has 0 aromatic heterocycles. The van der Waals surface area contributed by atoms with E-state index in [4.69, 9.17) is 9.84 Å². The maximum atomic E-state index is 13.8. The van der Waals surface area contributed by atoms with Crippen molar-refractivity contribution in [1.82, 2.24) is 0 Å². The summed E-state index contributed by atoms with van der Waals surface area (Å²) in [5.74, 6) is -17.1. The van der Waals surface area contributed by atoms with E-state index in [2.05, 4.69) is 4.74 Å². The van der Waals surface area contributed by atoms with Gasteiger partial charge in [0.05, 0.1) is 7.14 Å². The molecule has 28 heavy (non-hydrogen) atoms. The van der Waals surface area contributed by atoms with Crippen molar-refractivity contribution in [2.45, 2.75) is 0 Å². The molecule has 1 N–H and O–H groups in total. The molecule has 0 bridgehead atoms. The third-order valence-electron chi connectivity index (χ3n) is 2.96. The molecule has 2 aromatic carbocycles. The summed E-state index contributed by atoms with van der Waals surface area (Å²) in [5.41, 5.74) is -1.92. The van der Waals surface area contributed by atoms with E-state index in [1.807, 2.05) is 67.8 Å². The Morgan fingerprint density at radius 3 is 1.54 bits per heavy atom. The predicted octanol–water partition coefficient (Wildman–Crippen LogP) is 4.27. The van der Waals surface area contributed by atoms with Gasteiger partial charge in [-0.15, -0.1) is 0 Å². The molecule has 0 amide bonds. The first-order valence-electron chi connectivity index (χ1n) is 6.63. The number of carbonyl (C=O) groups excluding carboxylic acids is 2. The van der Waals surface area contributed by atoms with Crippen LogP contribution in [0.5, 0.6) is 11.5 Å². The standard InChI is InChI=1S/C15H3F4I3O6/c16-7-6(13(23)24)8(17)10(19)12(9(7)18)28-15(26)14(25)27-11-4(21)1-3(20)2-5(11)22/h1-2H,(H,23,24). The Bertz CT molecular complexity index is 975. The Morgan fingerprint density at radius 1 is 0.750 bits per heavy atom. The van der Waals surface area contributed by atoms with Crippen LogP contribution in [0.3, 0.4) is 0 Å². The van der Waals surface area contributed by atoms with E-state index in [-0.39, 0.29) is 5.75 Å². The van der Waals surface area contributed by atoms with Crippen LogP contribution in [0.2, 0.25) is 0 Å². The number of ether oxygens (including phenoxy) is 2. The zero-order chi connectivity index (χ0) is 21.3. The SMILES string of the molecule is O=C(Oc1c(I)cc(I)cc1I)C(=O)Oc1c(F)c(F)c(C(=O)O)c(F)c1F. The van der Waals surface area contributed by atoms with Crippen molar-refractivity contribution in [3.05, 3.63) is 51.7 Å². The number of aromatic carboxylic acids is 1. The topological polar surface area (TPSA) is 89.9 Å². The summed E-state index contributed by atoms with van der Waals surface area (Å²) < 4.78 is 65.4. The minimum atomic E-state index is -2.30. The Balaban J connectivity index is 2.33. The number of carboxylic acid groups (broad SMARTS) is 1. The normalized spacial score (nSPS) is 10.5. The number of carboxylic acids is 1. The van der Waals surface area contributed by atoms with Crippen molar-refractivity contribution >= 4 is 85.7 Å². The molecular formula is C15H3F4I3O6. The summed E-state index contributed by atoms with van der Waals surface area (Å²) in [4.78, 5) is 34.3. The lowest BCUT2D eigenvalue weighted by molar-refractivity contribution is -0.156. The summed E-state index contributed by atoms with van der Waals surface area (Å²) in [6.45, 7) is 0. The van der Waals surface area contributed by atoms with Gasteiger partial charge in [-0.3, -0.25) is 0 Å². The van der Waals surface area contributed by atoms with E-state index in [0.29, 0.717) is 7.14 Å². The van der Waals surface area contributed by atoms with Crippen molar-refractivity contribution in [3.8, 4) is 11.5 Å². The quantitative estimate of drug-likeness (QED) is 0.127. The first-order valence-corrected chi connectivity index (χ1v) is 9.87. The predicted molar refractivity (Wildman–Crippen MR) is 109 cm³/mol. The van der Waals surface area contributed by atoms with E-state index in [9.17, 15) is 31.9 Å². The molecule has 0 spiro atoms. The van der Waals surface area contributed by atoms with E-state index in [1.54, 1.807) is 12.1 Å². The lowest BCUT2D eigenvalue weighted by atomic mass is 10.1. The second-order valence-electron chi connectivity index (χ2n) is 4.74. The van der Waals surface area contributed by atoms with Crippen LogP contribution in [0.1, 0.15) is 10.4 Å². The highest BCUT2D eigenvalue weighted by atomic mass is 127. The molecule has 2 aromatic rings. The van der Waals surface area contributed by atoms with Gasteiger partial charge in [0.15, 0.2) is 17.4 Å². The smallest absolute Gasteiger partial charge is 0.423 e. The third-order valence-corrected chi connectivity index (χ3v) is 5.18. The van der Waals surface area contributed by atoms with Crippen LogP contribution in [0.25, 0.3) is 0 Å². The summed E-state index contributed by atoms with van der Waals surface area (Å²) >= 11 is 5.61. The number of rotatable bonds is 3. The van der Waals surface area contributed by atoms with Gasteiger partial charge in [-0.25, -0.2) is 23.2 Å². The molecule has 0 unspecified atom stereocenters. The molecule has 13 heteroatoms. The maximum absolute atomic E-state index is 13.8. The lowest BCUT2D eigenvalue weighted by Crippen LogP contribution is -2.27. The van der Waals surface area contributed by atoms with Crippen molar-refractivity contribution in [2.75, 3.05) is 0 Å². The first-order chi connectivity index (χ1) is 13.0. The fraction of sp³-hybridized carbons (Fsp3) is 0. The fourth-order valence-corrected chi connectivity index (χ4v) is 5.59. The van der Waals surface area contributed by atoms with Crippen molar-refractivity contribution < 1.29 is 46.5 Å². The average molecular weight is 736 g/mol. The Labute approximate surface area is 194 Å². The molecule has 148 valence electrons. The van der Waals surface area contributed by atoms with Crippen LogP contribution in [0, 0.1) is 34.0 Å². The molecule has 0 atom stereocenters. The average Bonchev–Trinajstić information content (AvgIpc) is 2.59. The third kappa shape index (κ3) is 4.66. The fourth-order valence-electron chi connectivity index (χ4n) is 1.78. The summed E-state index contributed by atoms with van der Waals surface area (Å²) in [7, 11) is 0. The molecule has 0 heterocycles. The summed E-state index contributed by atoms with van der Waals surface area (Å²) in [5, 5.41) is 8.59. The van der Waals surface area contributed by atoms with Gasteiger partial charge in [-0.2, -0.15) is 8.78 Å². The van der Waals surface area contributed by atoms with Gasteiger partial charge < -0.3 is 14.6 Å². The van der Waals surface area contributed by atoms with E-state index in [0.717, 1.165) is 3.57 Å². The monoisotopic (exact) mass is 736 g/mol. The highest BCUT2D eigenvalue weighted by Crippen LogP contribution is 2.32. The van der Waals surface area contributed by atoms with Crippen molar-refractivity contribution in [3.63, 3.8) is 0 Å². The van der Waals surface area contributed by atoms with Gasteiger partial charge in [-0.1, -0.05) is 0 Å². The minimum Gasteiger partial charge on any atom is -0.477 e. The van der Waals surface area contributed by atoms with Gasteiger partial charge in [0.25, 0.3) is 0 Å². The summed E-state index contributed by atoms with van der Waals surface area (Å²) in [6, 6.07) is 3.21. The zero-order valence-corrected chi connectivity index (χ0v) is 19.3. The molecule has 0 aliphatic rings. The number of benzene rings is 2. The van der Waals surface area contributed by atoms with Crippen LogP contribution >= 0.6 is 67.8 Å².